The van der Waals surface area contributed by atoms with Gasteiger partial charge in [0.2, 0.25) is 0 Å². The number of hydrogen-bond acceptors (Lipinski definition) is 3. The first-order valence-electron chi connectivity index (χ1n) is 6.92. The lowest BCUT2D eigenvalue weighted by Gasteiger charge is -2.10. The van der Waals surface area contributed by atoms with E-state index in [1.165, 1.54) is 0 Å². The summed E-state index contributed by atoms with van der Waals surface area (Å²) in [6, 6.07) is 10.9. The number of hydrogen-bond donors (Lipinski definition) is 1. The molecule has 7 heteroatoms. The van der Waals surface area contributed by atoms with Crippen LogP contribution in [0.1, 0.15) is 5.82 Å². The number of nitrogens with zero attached hydrogens (tertiary/aromatic N) is 2. The molecule has 2 aromatic carbocycles. The Hall–Kier alpha value is -1.27. The Bertz CT molecular complexity index is 851. The number of aromatic nitrogens is 2. The molecule has 0 amide bonds. The van der Waals surface area contributed by atoms with Crippen molar-refractivity contribution in [1.82, 2.24) is 9.55 Å². The van der Waals surface area contributed by atoms with Crippen molar-refractivity contribution in [3.8, 4) is 5.75 Å². The van der Waals surface area contributed by atoms with Gasteiger partial charge in [0.1, 0.15) is 18.2 Å². The highest BCUT2D eigenvalue weighted by Crippen LogP contribution is 2.29. The first kappa shape index (κ1) is 16.6. The topological polar surface area (TPSA) is 47.3 Å². The summed E-state index contributed by atoms with van der Waals surface area (Å²) in [7, 11) is 0. The predicted molar refractivity (Wildman–Crippen MR) is 95.3 cm³/mol. The van der Waals surface area contributed by atoms with Crippen LogP contribution in [0.2, 0.25) is 10.0 Å². The molecule has 0 spiro atoms. The van der Waals surface area contributed by atoms with Crippen molar-refractivity contribution in [2.24, 2.45) is 0 Å². The SMILES string of the molecule is OCCn1c(COc2ccc(Br)cc2Cl)nc2ccc(Cl)cc21. The number of fused-ring (bicyclic) bond motifs is 1. The number of rotatable bonds is 5. The van der Waals surface area contributed by atoms with E-state index < -0.39 is 0 Å². The van der Waals surface area contributed by atoms with Gasteiger partial charge in [-0.2, -0.15) is 0 Å². The third-order valence-electron chi connectivity index (χ3n) is 3.36. The molecule has 0 radical (unpaired) electrons. The minimum Gasteiger partial charge on any atom is -0.484 e. The van der Waals surface area contributed by atoms with Crippen molar-refractivity contribution in [1.29, 1.82) is 0 Å². The fourth-order valence-corrected chi connectivity index (χ4v) is 3.23. The molecular formula is C16H13BrCl2N2O2. The molecule has 0 unspecified atom stereocenters. The van der Waals surface area contributed by atoms with Crippen LogP contribution in [-0.4, -0.2) is 21.3 Å². The van der Waals surface area contributed by atoms with Crippen LogP contribution in [0.4, 0.5) is 0 Å². The highest BCUT2D eigenvalue weighted by molar-refractivity contribution is 9.10. The molecule has 0 saturated carbocycles. The Morgan fingerprint density at radius 2 is 2.00 bits per heavy atom. The highest BCUT2D eigenvalue weighted by atomic mass is 79.9. The largest absolute Gasteiger partial charge is 0.484 e. The molecule has 0 aliphatic heterocycles. The molecule has 3 rings (SSSR count). The number of aliphatic hydroxyl groups is 1. The monoisotopic (exact) mass is 414 g/mol. The number of imidazole rings is 1. The Morgan fingerprint density at radius 1 is 1.17 bits per heavy atom. The molecule has 0 atom stereocenters. The number of halogens is 3. The van der Waals surface area contributed by atoms with Gasteiger partial charge in [-0.05, 0) is 36.4 Å². The minimum absolute atomic E-state index is 0.00398. The van der Waals surface area contributed by atoms with Gasteiger partial charge < -0.3 is 14.4 Å². The Morgan fingerprint density at radius 3 is 2.74 bits per heavy atom. The van der Waals surface area contributed by atoms with Crippen LogP contribution >= 0.6 is 39.1 Å². The van der Waals surface area contributed by atoms with E-state index in [1.807, 2.05) is 22.8 Å². The van der Waals surface area contributed by atoms with Gasteiger partial charge in [-0.3, -0.25) is 0 Å². The summed E-state index contributed by atoms with van der Waals surface area (Å²) in [6.45, 7) is 0.668. The van der Waals surface area contributed by atoms with Crippen molar-refractivity contribution in [3.05, 3.63) is 56.7 Å². The fourth-order valence-electron chi connectivity index (χ4n) is 2.34. The maximum absolute atomic E-state index is 9.30. The van der Waals surface area contributed by atoms with Crippen molar-refractivity contribution in [2.45, 2.75) is 13.2 Å². The second-order valence-electron chi connectivity index (χ2n) is 4.90. The van der Waals surface area contributed by atoms with Crippen LogP contribution < -0.4 is 4.74 Å². The Labute approximate surface area is 151 Å². The van der Waals surface area contributed by atoms with Gasteiger partial charge in [-0.1, -0.05) is 39.1 Å². The summed E-state index contributed by atoms with van der Waals surface area (Å²) < 4.78 is 8.56. The van der Waals surface area contributed by atoms with Gasteiger partial charge >= 0.3 is 0 Å². The average molecular weight is 416 g/mol. The fraction of sp³-hybridized carbons (Fsp3) is 0.188. The number of benzene rings is 2. The summed E-state index contributed by atoms with van der Waals surface area (Å²) in [5, 5.41) is 10.4. The van der Waals surface area contributed by atoms with E-state index in [2.05, 4.69) is 20.9 Å². The molecule has 0 bridgehead atoms. The van der Waals surface area contributed by atoms with Gasteiger partial charge in [0.05, 0.1) is 22.7 Å². The zero-order valence-corrected chi connectivity index (χ0v) is 15.1. The lowest BCUT2D eigenvalue weighted by atomic mass is 10.3. The number of aliphatic hydroxyl groups excluding tert-OH is 1. The van der Waals surface area contributed by atoms with E-state index >= 15 is 0 Å². The van der Waals surface area contributed by atoms with Crippen molar-refractivity contribution < 1.29 is 9.84 Å². The van der Waals surface area contributed by atoms with E-state index in [1.54, 1.807) is 18.2 Å². The summed E-state index contributed by atoms with van der Waals surface area (Å²) >= 11 is 15.6. The summed E-state index contributed by atoms with van der Waals surface area (Å²) in [5.41, 5.74) is 1.68. The summed E-state index contributed by atoms with van der Waals surface area (Å²) in [4.78, 5) is 4.55. The third-order valence-corrected chi connectivity index (χ3v) is 4.39. The average Bonchev–Trinajstić information content (AvgIpc) is 2.84. The first-order chi connectivity index (χ1) is 11.1. The molecule has 0 aliphatic carbocycles. The molecule has 120 valence electrons. The Kier molecular flexibility index (Phi) is 5.11. The van der Waals surface area contributed by atoms with Crippen LogP contribution in [0.5, 0.6) is 5.75 Å². The quantitative estimate of drug-likeness (QED) is 0.658. The van der Waals surface area contributed by atoms with E-state index in [9.17, 15) is 5.11 Å². The van der Waals surface area contributed by atoms with Gasteiger partial charge in [0.15, 0.2) is 0 Å². The van der Waals surface area contributed by atoms with Crippen LogP contribution in [0.25, 0.3) is 11.0 Å². The zero-order valence-electron chi connectivity index (χ0n) is 12.0. The van der Waals surface area contributed by atoms with Gasteiger partial charge in [-0.25, -0.2) is 4.98 Å². The van der Waals surface area contributed by atoms with Crippen LogP contribution in [0.3, 0.4) is 0 Å². The van der Waals surface area contributed by atoms with Crippen molar-refractivity contribution >= 4 is 50.2 Å². The van der Waals surface area contributed by atoms with E-state index in [4.69, 9.17) is 27.9 Å². The summed E-state index contributed by atoms with van der Waals surface area (Å²) in [5.74, 6) is 1.28. The maximum Gasteiger partial charge on any atom is 0.148 e. The third kappa shape index (κ3) is 3.63. The second-order valence-corrected chi connectivity index (χ2v) is 6.66. The van der Waals surface area contributed by atoms with Crippen LogP contribution in [0.15, 0.2) is 40.9 Å². The van der Waals surface area contributed by atoms with E-state index in [0.29, 0.717) is 28.2 Å². The smallest absolute Gasteiger partial charge is 0.148 e. The van der Waals surface area contributed by atoms with Gasteiger partial charge in [-0.15, -0.1) is 0 Å². The second kappa shape index (κ2) is 7.09. The molecule has 23 heavy (non-hydrogen) atoms. The first-order valence-corrected chi connectivity index (χ1v) is 8.47. The van der Waals surface area contributed by atoms with Crippen LogP contribution in [-0.2, 0) is 13.2 Å². The lowest BCUT2D eigenvalue weighted by molar-refractivity contribution is 0.260. The van der Waals surface area contributed by atoms with E-state index in [-0.39, 0.29) is 13.2 Å². The molecule has 0 fully saturated rings. The molecule has 1 heterocycles. The molecule has 1 aromatic heterocycles. The molecule has 0 saturated heterocycles. The minimum atomic E-state index is 0.00398. The normalized spacial score (nSPS) is 11.1. The molecule has 0 aliphatic rings. The Balaban J connectivity index is 1.91. The standard InChI is InChI=1S/C16H13BrCl2N2O2/c17-10-1-4-15(12(19)7-10)23-9-16-20-13-3-2-11(18)8-14(13)21(16)5-6-22/h1-4,7-8,22H,5-6,9H2. The van der Waals surface area contributed by atoms with Gasteiger partial charge in [0.25, 0.3) is 0 Å². The van der Waals surface area contributed by atoms with Gasteiger partial charge in [0, 0.05) is 16.0 Å². The van der Waals surface area contributed by atoms with E-state index in [0.717, 1.165) is 15.5 Å². The predicted octanol–water partition coefficient (Wildman–Crippen LogP) is 4.68. The molecule has 4 nitrogen and oxygen atoms in total. The molecular weight excluding hydrogens is 403 g/mol. The zero-order chi connectivity index (χ0) is 16.4. The lowest BCUT2D eigenvalue weighted by Crippen LogP contribution is -2.09. The number of ether oxygens (including phenoxy) is 1. The van der Waals surface area contributed by atoms with Crippen LogP contribution in [0, 0.1) is 0 Å². The summed E-state index contributed by atoms with van der Waals surface area (Å²) in [6.07, 6.45) is 0. The molecule has 3 aromatic rings. The van der Waals surface area contributed by atoms with Crippen molar-refractivity contribution in [2.75, 3.05) is 6.61 Å². The molecule has 1 N–H and O–H groups in total. The highest BCUT2D eigenvalue weighted by Gasteiger charge is 2.12. The van der Waals surface area contributed by atoms with Crippen molar-refractivity contribution in [3.63, 3.8) is 0 Å². The maximum atomic E-state index is 9.30.